The number of nitrogens with zero attached hydrogens (tertiary/aromatic N) is 1. The minimum atomic E-state index is -0.260. The van der Waals surface area contributed by atoms with Gasteiger partial charge < -0.3 is 4.84 Å². The second kappa shape index (κ2) is 4.47. The van der Waals surface area contributed by atoms with Gasteiger partial charge in [-0.1, -0.05) is 25.1 Å². The minimum absolute atomic E-state index is 0.260. The fraction of sp³-hybridized carbons (Fsp3) is 0.222. The van der Waals surface area contributed by atoms with Crippen LogP contribution in [0.4, 0.5) is 0 Å². The van der Waals surface area contributed by atoms with Crippen LogP contribution in [0, 0.1) is 0 Å². The van der Waals surface area contributed by atoms with Gasteiger partial charge in [-0.25, -0.2) is 5.84 Å². The molecule has 1 rings (SSSR count). The fourth-order valence-corrected chi connectivity index (χ4v) is 0.802. The summed E-state index contributed by atoms with van der Waals surface area (Å²) in [6.45, 7) is 1.72. The number of hydrogen-bond acceptors (Lipinski definition) is 3. The van der Waals surface area contributed by atoms with Gasteiger partial charge >= 0.3 is 0 Å². The SMILES string of the molecule is CCC(=O)N(N)Oc1ccccc1. The van der Waals surface area contributed by atoms with E-state index in [4.69, 9.17) is 10.7 Å². The molecule has 0 spiro atoms. The van der Waals surface area contributed by atoms with Crippen LogP contribution in [0.2, 0.25) is 0 Å². The summed E-state index contributed by atoms with van der Waals surface area (Å²) >= 11 is 0. The highest BCUT2D eigenvalue weighted by atomic mass is 16.7. The molecule has 0 atom stereocenters. The van der Waals surface area contributed by atoms with Crippen molar-refractivity contribution >= 4 is 5.91 Å². The van der Waals surface area contributed by atoms with Gasteiger partial charge in [-0.15, -0.1) is 5.17 Å². The molecule has 4 heteroatoms. The second-order valence-electron chi connectivity index (χ2n) is 2.48. The maximum atomic E-state index is 11.0. The lowest BCUT2D eigenvalue weighted by Gasteiger charge is -2.15. The van der Waals surface area contributed by atoms with E-state index in [0.29, 0.717) is 12.2 Å². The smallest absolute Gasteiger partial charge is 0.272 e. The average molecular weight is 180 g/mol. The highest BCUT2D eigenvalue weighted by Gasteiger charge is 2.07. The van der Waals surface area contributed by atoms with Gasteiger partial charge in [-0.3, -0.25) is 4.79 Å². The van der Waals surface area contributed by atoms with Crippen molar-refractivity contribution in [2.75, 3.05) is 0 Å². The van der Waals surface area contributed by atoms with E-state index in [-0.39, 0.29) is 5.91 Å². The topological polar surface area (TPSA) is 55.6 Å². The molecule has 4 nitrogen and oxygen atoms in total. The Morgan fingerprint density at radius 3 is 2.62 bits per heavy atom. The lowest BCUT2D eigenvalue weighted by molar-refractivity contribution is -0.157. The zero-order valence-corrected chi connectivity index (χ0v) is 7.43. The number of carbonyl (C=O) groups is 1. The number of hydrazine groups is 1. The van der Waals surface area contributed by atoms with E-state index >= 15 is 0 Å². The largest absolute Gasteiger partial charge is 0.361 e. The van der Waals surface area contributed by atoms with Crippen molar-refractivity contribution in [2.45, 2.75) is 13.3 Å². The van der Waals surface area contributed by atoms with Crippen molar-refractivity contribution in [3.05, 3.63) is 30.3 Å². The van der Waals surface area contributed by atoms with E-state index in [1.54, 1.807) is 31.2 Å². The van der Waals surface area contributed by atoms with Crippen molar-refractivity contribution in [1.82, 2.24) is 5.17 Å². The standard InChI is InChI=1S/C9H12N2O2/c1-2-9(12)11(10)13-8-6-4-3-5-7-8/h3-7H,2,10H2,1H3. The Kier molecular flexibility index (Phi) is 3.28. The molecule has 2 N–H and O–H groups in total. The van der Waals surface area contributed by atoms with Gasteiger partial charge in [0.1, 0.15) is 0 Å². The highest BCUT2D eigenvalue weighted by Crippen LogP contribution is 2.08. The lowest BCUT2D eigenvalue weighted by atomic mass is 10.3. The first-order valence-electron chi connectivity index (χ1n) is 4.04. The number of benzene rings is 1. The van der Waals surface area contributed by atoms with Crippen molar-refractivity contribution in [1.29, 1.82) is 0 Å². The van der Waals surface area contributed by atoms with Crippen LogP contribution in [0.15, 0.2) is 30.3 Å². The van der Waals surface area contributed by atoms with Crippen molar-refractivity contribution in [3.8, 4) is 5.75 Å². The molecule has 0 bridgehead atoms. The Labute approximate surface area is 76.8 Å². The van der Waals surface area contributed by atoms with Crippen LogP contribution in [0.25, 0.3) is 0 Å². The third kappa shape index (κ3) is 2.76. The Balaban J connectivity index is 2.55. The number of para-hydroxylation sites is 1. The first-order valence-corrected chi connectivity index (χ1v) is 4.04. The van der Waals surface area contributed by atoms with E-state index in [0.717, 1.165) is 5.17 Å². The second-order valence-corrected chi connectivity index (χ2v) is 2.48. The summed E-state index contributed by atoms with van der Waals surface area (Å²) in [5, 5.41) is 0.745. The van der Waals surface area contributed by atoms with Crippen LogP contribution >= 0.6 is 0 Å². The summed E-state index contributed by atoms with van der Waals surface area (Å²) in [4.78, 5) is 16.0. The summed E-state index contributed by atoms with van der Waals surface area (Å²) in [6, 6.07) is 8.92. The molecular weight excluding hydrogens is 168 g/mol. The number of nitrogens with two attached hydrogens (primary N) is 1. The molecule has 0 fully saturated rings. The number of amides is 1. The summed E-state index contributed by atoms with van der Waals surface area (Å²) in [5.74, 6) is 5.61. The molecule has 70 valence electrons. The molecule has 13 heavy (non-hydrogen) atoms. The first kappa shape index (κ1) is 9.54. The molecule has 0 aliphatic rings. The zero-order valence-electron chi connectivity index (χ0n) is 7.43. The molecule has 0 heterocycles. The van der Waals surface area contributed by atoms with E-state index in [1.807, 2.05) is 6.07 Å². The van der Waals surface area contributed by atoms with Crippen LogP contribution < -0.4 is 10.7 Å². The molecule has 0 aromatic heterocycles. The van der Waals surface area contributed by atoms with E-state index in [1.165, 1.54) is 0 Å². The average Bonchev–Trinajstić information content (AvgIpc) is 2.18. The molecule has 1 amide bonds. The quantitative estimate of drug-likeness (QED) is 0.430. The number of rotatable bonds is 3. The summed E-state index contributed by atoms with van der Waals surface area (Å²) < 4.78 is 0. The van der Waals surface area contributed by atoms with Crippen LogP contribution in [-0.4, -0.2) is 11.1 Å². The Bertz CT molecular complexity index is 274. The van der Waals surface area contributed by atoms with Crippen molar-refractivity contribution in [3.63, 3.8) is 0 Å². The molecule has 0 radical (unpaired) electrons. The van der Waals surface area contributed by atoms with Gasteiger partial charge in [0.25, 0.3) is 5.91 Å². The third-order valence-electron chi connectivity index (χ3n) is 1.50. The van der Waals surface area contributed by atoms with E-state index < -0.39 is 0 Å². The molecule has 0 saturated heterocycles. The van der Waals surface area contributed by atoms with Crippen molar-refractivity contribution < 1.29 is 9.63 Å². The van der Waals surface area contributed by atoms with E-state index in [2.05, 4.69) is 0 Å². The predicted octanol–water partition coefficient (Wildman–Crippen LogP) is 1.09. The number of hydroxylamine groups is 1. The monoisotopic (exact) mass is 180 g/mol. The zero-order chi connectivity index (χ0) is 9.68. The Hall–Kier alpha value is -1.55. The third-order valence-corrected chi connectivity index (χ3v) is 1.50. The van der Waals surface area contributed by atoms with Crippen LogP contribution in [-0.2, 0) is 4.79 Å². The van der Waals surface area contributed by atoms with Gasteiger partial charge in [-0.2, -0.15) is 0 Å². The molecule has 0 saturated carbocycles. The molecule has 1 aromatic carbocycles. The van der Waals surface area contributed by atoms with Gasteiger partial charge in [0.15, 0.2) is 5.75 Å². The maximum Gasteiger partial charge on any atom is 0.272 e. The molecule has 0 aliphatic carbocycles. The summed E-state index contributed by atoms with van der Waals surface area (Å²) in [6.07, 6.45) is 0.323. The summed E-state index contributed by atoms with van der Waals surface area (Å²) in [5.41, 5.74) is 0. The van der Waals surface area contributed by atoms with Crippen LogP contribution in [0.5, 0.6) is 5.75 Å². The van der Waals surface area contributed by atoms with Gasteiger partial charge in [0, 0.05) is 6.42 Å². The number of hydrogen-bond donors (Lipinski definition) is 1. The molecule has 0 aliphatic heterocycles. The van der Waals surface area contributed by atoms with Gasteiger partial charge in [0.2, 0.25) is 0 Å². The molecule has 1 aromatic rings. The summed E-state index contributed by atoms with van der Waals surface area (Å²) in [7, 11) is 0. The first-order chi connectivity index (χ1) is 6.24. The van der Waals surface area contributed by atoms with Crippen molar-refractivity contribution in [2.24, 2.45) is 5.84 Å². The number of carbonyl (C=O) groups excluding carboxylic acids is 1. The molecular formula is C9H12N2O2. The molecule has 0 unspecified atom stereocenters. The lowest BCUT2D eigenvalue weighted by Crippen LogP contribution is -2.39. The maximum absolute atomic E-state index is 11.0. The predicted molar refractivity (Wildman–Crippen MR) is 48.4 cm³/mol. The van der Waals surface area contributed by atoms with Gasteiger partial charge in [0.05, 0.1) is 0 Å². The Morgan fingerprint density at radius 1 is 1.46 bits per heavy atom. The van der Waals surface area contributed by atoms with Crippen LogP contribution in [0.1, 0.15) is 13.3 Å². The van der Waals surface area contributed by atoms with Gasteiger partial charge in [-0.05, 0) is 12.1 Å². The van der Waals surface area contributed by atoms with Crippen LogP contribution in [0.3, 0.4) is 0 Å². The minimum Gasteiger partial charge on any atom is -0.361 e. The highest BCUT2D eigenvalue weighted by molar-refractivity contribution is 5.74. The van der Waals surface area contributed by atoms with E-state index in [9.17, 15) is 4.79 Å². The fourth-order valence-electron chi connectivity index (χ4n) is 0.802. The Morgan fingerprint density at radius 2 is 2.08 bits per heavy atom. The normalized spacial score (nSPS) is 9.38.